The van der Waals surface area contributed by atoms with Gasteiger partial charge < -0.3 is 14.9 Å². The molecular formula is C14H17KNO5. The third kappa shape index (κ3) is 7.19. The molecule has 1 aromatic carbocycles. The Kier molecular flexibility index (Phi) is 9.72. The number of phenols is 1. The average Bonchev–Trinajstić information content (AvgIpc) is 2.37. The Balaban J connectivity index is 0.00000400. The molecule has 109 valence electrons. The number of carbonyl (C=O) groups is 2. The molecule has 0 spiro atoms. The van der Waals surface area contributed by atoms with Crippen LogP contribution < -0.4 is 0 Å². The molecule has 21 heavy (non-hydrogen) atoms. The number of hydrogen-bond donors (Lipinski definition) is 2. The van der Waals surface area contributed by atoms with Crippen molar-refractivity contribution in [1.82, 2.24) is 0 Å². The monoisotopic (exact) mass is 318 g/mol. The molecule has 0 aliphatic carbocycles. The van der Waals surface area contributed by atoms with E-state index in [1.807, 2.05) is 0 Å². The van der Waals surface area contributed by atoms with Crippen molar-refractivity contribution in [3.63, 3.8) is 0 Å². The number of aliphatic imine (C=N–C) groups is 1. The van der Waals surface area contributed by atoms with Crippen molar-refractivity contribution in [3.05, 3.63) is 29.8 Å². The van der Waals surface area contributed by atoms with E-state index in [-0.39, 0.29) is 70.2 Å². The second-order valence-electron chi connectivity index (χ2n) is 4.18. The Morgan fingerprint density at radius 2 is 1.86 bits per heavy atom. The van der Waals surface area contributed by atoms with Crippen molar-refractivity contribution < 1.29 is 24.5 Å². The molecule has 0 heterocycles. The van der Waals surface area contributed by atoms with E-state index in [0.29, 0.717) is 11.3 Å². The molecule has 1 atom stereocenters. The molecule has 0 unspecified atom stereocenters. The normalized spacial score (nSPS) is 12.2. The zero-order chi connectivity index (χ0) is 15.1. The third-order valence-corrected chi connectivity index (χ3v) is 2.50. The summed E-state index contributed by atoms with van der Waals surface area (Å²) in [7, 11) is 0. The number of phenolic OH excluding ortho intramolecular Hbond substituents is 1. The van der Waals surface area contributed by atoms with Crippen molar-refractivity contribution in [3.8, 4) is 5.75 Å². The maximum absolute atomic E-state index is 11.3. The zero-order valence-electron chi connectivity index (χ0n) is 12.4. The van der Waals surface area contributed by atoms with Gasteiger partial charge in [-0.2, -0.15) is 0 Å². The summed E-state index contributed by atoms with van der Waals surface area (Å²) in [6.45, 7) is 3.54. The molecule has 1 rings (SSSR count). The molecule has 0 saturated heterocycles. The summed E-state index contributed by atoms with van der Waals surface area (Å²) in [5.74, 6) is -1.52. The first-order valence-electron chi connectivity index (χ1n) is 6.14. The number of esters is 1. The summed E-state index contributed by atoms with van der Waals surface area (Å²) in [5, 5.41) is 18.4. The molecule has 6 nitrogen and oxygen atoms in total. The van der Waals surface area contributed by atoms with Crippen LogP contribution >= 0.6 is 0 Å². The summed E-state index contributed by atoms with van der Waals surface area (Å²) in [6, 6.07) is 4.64. The summed E-state index contributed by atoms with van der Waals surface area (Å²) in [6.07, 6.45) is -0.0459. The third-order valence-electron chi connectivity index (χ3n) is 2.50. The molecule has 0 aliphatic rings. The molecule has 0 fully saturated rings. The molecule has 0 aromatic heterocycles. The largest absolute Gasteiger partial charge is 0.508 e. The van der Waals surface area contributed by atoms with E-state index in [2.05, 4.69) is 4.99 Å². The SMILES string of the molecule is CCOC(=O)CC(C)=N[C@@H](C(=O)O)c1ccc(O)cc1.[K]. The molecule has 1 radical (unpaired) electrons. The summed E-state index contributed by atoms with van der Waals surface area (Å²) in [4.78, 5) is 26.6. The molecular weight excluding hydrogens is 301 g/mol. The second-order valence-corrected chi connectivity index (χ2v) is 4.18. The summed E-state index contributed by atoms with van der Waals surface area (Å²) >= 11 is 0. The number of aliphatic carboxylic acids is 1. The van der Waals surface area contributed by atoms with Gasteiger partial charge in [-0.15, -0.1) is 0 Å². The van der Waals surface area contributed by atoms with Crippen LogP contribution in [0.25, 0.3) is 0 Å². The summed E-state index contributed by atoms with van der Waals surface area (Å²) in [5.41, 5.74) is 0.808. The van der Waals surface area contributed by atoms with Crippen LogP contribution in [0.15, 0.2) is 29.3 Å². The van der Waals surface area contributed by atoms with E-state index in [4.69, 9.17) is 4.74 Å². The number of carboxylic acids is 1. The predicted molar refractivity (Wildman–Crippen MR) is 78.6 cm³/mol. The maximum atomic E-state index is 11.3. The van der Waals surface area contributed by atoms with E-state index in [0.717, 1.165) is 0 Å². The van der Waals surface area contributed by atoms with Gasteiger partial charge in [0.15, 0.2) is 6.04 Å². The van der Waals surface area contributed by atoms with Crippen LogP contribution in [0.1, 0.15) is 31.9 Å². The van der Waals surface area contributed by atoms with Crippen LogP contribution in [0.3, 0.4) is 0 Å². The van der Waals surface area contributed by atoms with Crippen molar-refractivity contribution in [1.29, 1.82) is 0 Å². The number of aromatic hydroxyl groups is 1. The van der Waals surface area contributed by atoms with Gasteiger partial charge in [-0.05, 0) is 31.5 Å². The van der Waals surface area contributed by atoms with Gasteiger partial charge in [0, 0.05) is 57.1 Å². The fraction of sp³-hybridized carbons (Fsp3) is 0.357. The average molecular weight is 318 g/mol. The zero-order valence-corrected chi connectivity index (χ0v) is 15.5. The van der Waals surface area contributed by atoms with Crippen LogP contribution in [0, 0.1) is 0 Å². The van der Waals surface area contributed by atoms with Crippen LogP contribution in [-0.2, 0) is 14.3 Å². The number of nitrogens with zero attached hydrogens (tertiary/aromatic N) is 1. The van der Waals surface area contributed by atoms with Crippen LogP contribution in [-0.4, -0.2) is 85.9 Å². The Morgan fingerprint density at radius 3 is 2.33 bits per heavy atom. The van der Waals surface area contributed by atoms with Crippen LogP contribution in [0.2, 0.25) is 0 Å². The van der Waals surface area contributed by atoms with Crippen molar-refractivity contribution >= 4 is 69.0 Å². The number of rotatable bonds is 6. The van der Waals surface area contributed by atoms with E-state index in [1.165, 1.54) is 24.3 Å². The van der Waals surface area contributed by atoms with Gasteiger partial charge in [-0.25, -0.2) is 4.79 Å². The van der Waals surface area contributed by atoms with Gasteiger partial charge in [0.1, 0.15) is 5.75 Å². The molecule has 7 heteroatoms. The maximum Gasteiger partial charge on any atom is 0.333 e. The minimum Gasteiger partial charge on any atom is -0.508 e. The van der Waals surface area contributed by atoms with Crippen molar-refractivity contribution in [2.75, 3.05) is 6.61 Å². The predicted octanol–water partition coefficient (Wildman–Crippen LogP) is 1.55. The standard InChI is InChI=1S/C14H17NO5.K/c1-3-20-12(17)8-9(2)15-13(14(18)19)10-4-6-11(16)7-5-10;/h4-7,13,16H,3,8H2,1-2H3,(H,18,19);/t13-;/m1./s1. The quantitative estimate of drug-likeness (QED) is 0.471. The minimum absolute atomic E-state index is 0. The van der Waals surface area contributed by atoms with Crippen LogP contribution in [0.4, 0.5) is 0 Å². The van der Waals surface area contributed by atoms with E-state index in [9.17, 15) is 19.8 Å². The number of ether oxygens (including phenoxy) is 1. The summed E-state index contributed by atoms with van der Waals surface area (Å²) < 4.78 is 4.78. The van der Waals surface area contributed by atoms with Gasteiger partial charge in [0.2, 0.25) is 0 Å². The number of benzene rings is 1. The first-order valence-corrected chi connectivity index (χ1v) is 6.14. The number of hydrogen-bond acceptors (Lipinski definition) is 5. The van der Waals surface area contributed by atoms with Gasteiger partial charge in [0.25, 0.3) is 0 Å². The van der Waals surface area contributed by atoms with Gasteiger partial charge in [-0.3, -0.25) is 9.79 Å². The topological polar surface area (TPSA) is 96.2 Å². The van der Waals surface area contributed by atoms with Crippen molar-refractivity contribution in [2.45, 2.75) is 26.3 Å². The van der Waals surface area contributed by atoms with Gasteiger partial charge in [0.05, 0.1) is 13.0 Å². The molecule has 0 amide bonds. The Bertz CT molecular complexity index is 513. The van der Waals surface area contributed by atoms with Crippen molar-refractivity contribution in [2.24, 2.45) is 4.99 Å². The Hall–Kier alpha value is -0.734. The molecule has 2 N–H and O–H groups in total. The van der Waals surface area contributed by atoms with E-state index in [1.54, 1.807) is 13.8 Å². The minimum atomic E-state index is -1.13. The molecule has 0 aliphatic heterocycles. The van der Waals surface area contributed by atoms with Gasteiger partial charge in [-0.1, -0.05) is 12.1 Å². The van der Waals surface area contributed by atoms with E-state index >= 15 is 0 Å². The molecule has 1 aromatic rings. The smallest absolute Gasteiger partial charge is 0.333 e. The Labute approximate surface area is 165 Å². The first-order chi connectivity index (χ1) is 9.43. The fourth-order valence-corrected chi connectivity index (χ4v) is 1.62. The molecule has 0 bridgehead atoms. The first kappa shape index (κ1) is 20.3. The van der Waals surface area contributed by atoms with Crippen LogP contribution in [0.5, 0.6) is 5.75 Å². The van der Waals surface area contributed by atoms with E-state index < -0.39 is 18.0 Å². The molecule has 0 saturated carbocycles. The number of carboxylic acid groups (broad SMARTS) is 1. The fourth-order valence-electron chi connectivity index (χ4n) is 1.62. The second kappa shape index (κ2) is 10.1. The Morgan fingerprint density at radius 1 is 1.29 bits per heavy atom. The van der Waals surface area contributed by atoms with Gasteiger partial charge >= 0.3 is 11.9 Å². The number of carbonyl (C=O) groups excluding carboxylic acids is 1.